The fraction of sp³-hybridized carbons (Fsp3) is 0.0526. The molecule has 1 atom stereocenters. The lowest BCUT2D eigenvalue weighted by Gasteiger charge is -2.30. The number of para-hydroxylation sites is 4. The highest BCUT2D eigenvalue weighted by molar-refractivity contribution is 6.25. The van der Waals surface area contributed by atoms with Gasteiger partial charge in [0.2, 0.25) is 0 Å². The van der Waals surface area contributed by atoms with Crippen LogP contribution < -0.4 is 11.1 Å². The van der Waals surface area contributed by atoms with Crippen molar-refractivity contribution in [1.29, 1.82) is 0 Å². The van der Waals surface area contributed by atoms with Gasteiger partial charge in [0.15, 0.2) is 0 Å². The Morgan fingerprint density at radius 2 is 0.929 bits per heavy atom. The van der Waals surface area contributed by atoms with E-state index in [1.807, 2.05) is 25.2 Å². The molecule has 0 aliphatic carbocycles. The van der Waals surface area contributed by atoms with E-state index in [0.29, 0.717) is 0 Å². The molecule has 0 amide bonds. The largest absolute Gasteiger partial charge is 0.307 e. The maximum atomic E-state index is 7.22. The van der Waals surface area contributed by atoms with E-state index in [1.165, 1.54) is 54.4 Å². The van der Waals surface area contributed by atoms with Crippen molar-refractivity contribution in [2.45, 2.75) is 5.66 Å². The van der Waals surface area contributed by atoms with Crippen LogP contribution in [0, 0.1) is 0 Å². The third kappa shape index (κ3) is 2.92. The number of fused-ring (bicyclic) bond motifs is 10. The summed E-state index contributed by atoms with van der Waals surface area (Å²) in [6.45, 7) is 0. The van der Waals surface area contributed by atoms with Gasteiger partial charge in [-0.05, 0) is 42.4 Å². The molecule has 0 aliphatic heterocycles. The molecule has 3 N–H and O–H groups in total. The molecule has 3 aromatic heterocycles. The number of nitrogens with zero attached hydrogens (tertiary/aromatic N) is 2. The minimum absolute atomic E-state index is 0.869. The van der Waals surface area contributed by atoms with Crippen LogP contribution in [-0.4, -0.2) is 15.8 Å². The maximum Gasteiger partial charge on any atom is 0.119 e. The summed E-state index contributed by atoms with van der Waals surface area (Å²) < 4.78 is 4.91. The summed E-state index contributed by atoms with van der Waals surface area (Å²) in [5, 5.41) is 10.9. The fourth-order valence-electron chi connectivity index (χ4n) is 7.27. The van der Waals surface area contributed by atoms with Crippen molar-refractivity contribution < 1.29 is 0 Å². The number of nitrogens with two attached hydrogens (primary N) is 1. The van der Waals surface area contributed by atoms with Gasteiger partial charge in [0, 0.05) is 32.3 Å². The van der Waals surface area contributed by atoms with E-state index < -0.39 is 5.66 Å². The van der Waals surface area contributed by atoms with Crippen LogP contribution in [0.1, 0.15) is 11.1 Å². The molecule has 0 radical (unpaired) electrons. The number of nitrogens with one attached hydrogen (secondary N) is 1. The first kappa shape index (κ1) is 23.5. The molecule has 9 aromatic rings. The van der Waals surface area contributed by atoms with Crippen LogP contribution in [0.5, 0.6) is 0 Å². The molecule has 1 unspecified atom stereocenters. The second-order valence-electron chi connectivity index (χ2n) is 11.2. The summed E-state index contributed by atoms with van der Waals surface area (Å²) in [5.74, 6) is 0. The predicted molar refractivity (Wildman–Crippen MR) is 176 cm³/mol. The van der Waals surface area contributed by atoms with E-state index >= 15 is 0 Å². The zero-order valence-electron chi connectivity index (χ0n) is 23.2. The minimum Gasteiger partial charge on any atom is -0.307 e. The van der Waals surface area contributed by atoms with Gasteiger partial charge in [-0.25, -0.2) is 0 Å². The first-order valence-corrected chi connectivity index (χ1v) is 14.4. The third-order valence-electron chi connectivity index (χ3n) is 9.22. The van der Waals surface area contributed by atoms with Crippen molar-refractivity contribution in [3.63, 3.8) is 0 Å². The first-order chi connectivity index (χ1) is 20.7. The van der Waals surface area contributed by atoms with Gasteiger partial charge in [0.25, 0.3) is 0 Å². The van der Waals surface area contributed by atoms with Gasteiger partial charge in [-0.2, -0.15) is 0 Å². The number of benzene rings is 6. The smallest absolute Gasteiger partial charge is 0.119 e. The van der Waals surface area contributed by atoms with Gasteiger partial charge in [-0.15, -0.1) is 0 Å². The second kappa shape index (κ2) is 8.43. The van der Waals surface area contributed by atoms with Gasteiger partial charge in [-0.3, -0.25) is 5.32 Å². The van der Waals surface area contributed by atoms with E-state index in [2.05, 4.69) is 129 Å². The Morgan fingerprint density at radius 1 is 0.452 bits per heavy atom. The Hall–Kier alpha value is -5.16. The minimum atomic E-state index is -0.869. The summed E-state index contributed by atoms with van der Waals surface area (Å²) >= 11 is 0. The molecule has 0 saturated heterocycles. The van der Waals surface area contributed by atoms with Crippen molar-refractivity contribution in [1.82, 2.24) is 14.1 Å². The molecule has 0 bridgehead atoms. The number of aromatic nitrogens is 2. The highest BCUT2D eigenvalue weighted by atomic mass is 15.1. The van der Waals surface area contributed by atoms with Crippen LogP contribution in [-0.2, 0) is 5.66 Å². The SMILES string of the molecule is CNC(N)(c1ccccc1)c1ccc2c(c1)n1c3ccccc3c3cccc(c4cccc5c6ccccc6n2c54)c31. The maximum absolute atomic E-state index is 7.22. The molecule has 6 aromatic carbocycles. The Kier molecular flexibility index (Phi) is 4.72. The lowest BCUT2D eigenvalue weighted by Crippen LogP contribution is -2.49. The monoisotopic (exact) mass is 540 g/mol. The highest BCUT2D eigenvalue weighted by Gasteiger charge is 2.28. The van der Waals surface area contributed by atoms with Gasteiger partial charge in [0.05, 0.1) is 33.1 Å². The Morgan fingerprint density at radius 3 is 1.50 bits per heavy atom. The van der Waals surface area contributed by atoms with E-state index in [-0.39, 0.29) is 0 Å². The van der Waals surface area contributed by atoms with Crippen LogP contribution in [0.3, 0.4) is 0 Å². The fourth-order valence-corrected chi connectivity index (χ4v) is 7.27. The molecule has 9 rings (SSSR count). The Labute approximate surface area is 242 Å². The molecule has 0 saturated carbocycles. The highest BCUT2D eigenvalue weighted by Crippen LogP contribution is 2.41. The molecule has 0 aliphatic rings. The molecule has 3 heterocycles. The van der Waals surface area contributed by atoms with Crippen molar-refractivity contribution in [2.75, 3.05) is 7.05 Å². The lowest BCUT2D eigenvalue weighted by molar-refractivity contribution is 0.458. The topological polar surface area (TPSA) is 46.9 Å². The Balaban J connectivity index is 1.62. The average Bonchev–Trinajstić information content (AvgIpc) is 3.57. The number of hydrogen-bond acceptors (Lipinski definition) is 2. The van der Waals surface area contributed by atoms with Gasteiger partial charge < -0.3 is 14.5 Å². The molecule has 4 nitrogen and oxygen atoms in total. The lowest BCUT2D eigenvalue weighted by atomic mass is 9.91. The quantitative estimate of drug-likeness (QED) is 0.221. The standard InChI is InChI=1S/C38H28N4/c1-40-38(39,24-11-3-2-4-12-24)25-21-22-34-35(23-25)42-33-20-8-6-14-27(33)29-16-10-18-31(37(29)42)30-17-9-15-28-26-13-5-7-19-32(26)41(34)36(28)30/h2-23,40H,39H2,1H3. The van der Waals surface area contributed by atoms with E-state index in [9.17, 15) is 0 Å². The normalized spacial score (nSPS) is 13.8. The second-order valence-corrected chi connectivity index (χ2v) is 11.2. The summed E-state index contributed by atoms with van der Waals surface area (Å²) in [7, 11) is 1.93. The Bertz CT molecular complexity index is 2520. The summed E-state index contributed by atoms with van der Waals surface area (Å²) in [4.78, 5) is 0. The summed E-state index contributed by atoms with van der Waals surface area (Å²) in [6, 6.07) is 47.9. The number of hydrogen-bond donors (Lipinski definition) is 2. The van der Waals surface area contributed by atoms with Crippen molar-refractivity contribution in [3.8, 4) is 0 Å². The summed E-state index contributed by atoms with van der Waals surface area (Å²) in [5.41, 5.74) is 15.4. The summed E-state index contributed by atoms with van der Waals surface area (Å²) in [6.07, 6.45) is 0. The predicted octanol–water partition coefficient (Wildman–Crippen LogP) is 8.34. The van der Waals surface area contributed by atoms with Gasteiger partial charge in [0.1, 0.15) is 5.66 Å². The zero-order valence-corrected chi connectivity index (χ0v) is 23.2. The van der Waals surface area contributed by atoms with Gasteiger partial charge in [-0.1, -0.05) is 109 Å². The van der Waals surface area contributed by atoms with Crippen LogP contribution in [0.25, 0.3) is 65.4 Å². The van der Waals surface area contributed by atoms with Crippen LogP contribution in [0.4, 0.5) is 0 Å². The van der Waals surface area contributed by atoms with Crippen molar-refractivity contribution >= 4 is 65.4 Å². The molecular formula is C38H28N4. The first-order valence-electron chi connectivity index (χ1n) is 14.4. The van der Waals surface area contributed by atoms with Crippen LogP contribution in [0.15, 0.2) is 133 Å². The molecule has 200 valence electrons. The van der Waals surface area contributed by atoms with Crippen LogP contribution in [0.2, 0.25) is 0 Å². The molecule has 42 heavy (non-hydrogen) atoms. The van der Waals surface area contributed by atoms with E-state index in [1.54, 1.807) is 0 Å². The average molecular weight is 541 g/mol. The third-order valence-corrected chi connectivity index (χ3v) is 9.22. The van der Waals surface area contributed by atoms with E-state index in [4.69, 9.17) is 5.73 Å². The molecular weight excluding hydrogens is 512 g/mol. The van der Waals surface area contributed by atoms with Crippen molar-refractivity contribution in [2.24, 2.45) is 5.73 Å². The molecule has 0 spiro atoms. The molecule has 0 fully saturated rings. The van der Waals surface area contributed by atoms with Gasteiger partial charge >= 0.3 is 0 Å². The zero-order chi connectivity index (χ0) is 28.0. The number of rotatable bonds is 3. The van der Waals surface area contributed by atoms with Crippen LogP contribution >= 0.6 is 0 Å². The van der Waals surface area contributed by atoms with Crippen molar-refractivity contribution in [3.05, 3.63) is 145 Å². The van der Waals surface area contributed by atoms with E-state index in [0.717, 1.165) is 22.2 Å². The molecule has 4 heteroatoms.